The van der Waals surface area contributed by atoms with Gasteiger partial charge in [0.05, 0.1) is 16.1 Å². The fourth-order valence-corrected chi connectivity index (χ4v) is 13.1. The molecule has 0 unspecified atom stereocenters. The summed E-state index contributed by atoms with van der Waals surface area (Å²) in [6, 6.07) is 1.22. The maximum absolute atomic E-state index is 3.94. The van der Waals surface area contributed by atoms with Gasteiger partial charge >= 0.3 is 0 Å². The SMILES string of the molecule is C=CC[Si](C)(C)C1=C([Si](C)(C)/C=C/C)C1(C)C. The van der Waals surface area contributed by atoms with E-state index in [2.05, 4.69) is 71.4 Å². The molecule has 0 aromatic rings. The second-order valence-electron chi connectivity index (χ2n) is 6.97. The van der Waals surface area contributed by atoms with Crippen LogP contribution >= 0.6 is 0 Å². The van der Waals surface area contributed by atoms with Crippen molar-refractivity contribution in [2.75, 3.05) is 0 Å². The molecule has 0 nitrogen and oxygen atoms in total. The zero-order valence-corrected chi connectivity index (χ0v) is 14.6. The summed E-state index contributed by atoms with van der Waals surface area (Å²) in [5, 5.41) is 3.65. The molecule has 0 aromatic carbocycles. The van der Waals surface area contributed by atoms with Crippen LogP contribution in [0, 0.1) is 5.41 Å². The molecule has 1 aliphatic rings. The maximum atomic E-state index is 3.94. The molecule has 1 aliphatic carbocycles. The Labute approximate surface area is 110 Å². The van der Waals surface area contributed by atoms with Crippen LogP contribution in [0.5, 0.6) is 0 Å². The Morgan fingerprint density at radius 3 is 2.06 bits per heavy atom. The molecule has 96 valence electrons. The summed E-state index contributed by atoms with van der Waals surface area (Å²) < 4.78 is 0. The molecule has 0 bridgehead atoms. The molecule has 0 N–H and O–H groups in total. The van der Waals surface area contributed by atoms with Crippen molar-refractivity contribution < 1.29 is 0 Å². The maximum Gasteiger partial charge on any atom is 0.0992 e. The standard InChI is InChI=1S/C15H28Si2/c1-9-11-16(5,6)13-14(15(13,3)4)17(7,8)12-10-2/h9-10,12H,1,11H2,2-8H3/b12-10+. The molecule has 0 saturated carbocycles. The van der Waals surface area contributed by atoms with Crippen LogP contribution in [0.2, 0.25) is 32.2 Å². The van der Waals surface area contributed by atoms with Crippen LogP contribution in [0.4, 0.5) is 0 Å². The summed E-state index contributed by atoms with van der Waals surface area (Å²) in [6.45, 7) is 20.9. The van der Waals surface area contributed by atoms with Crippen molar-refractivity contribution in [2.24, 2.45) is 5.41 Å². The fourth-order valence-electron chi connectivity index (χ4n) is 3.74. The van der Waals surface area contributed by atoms with E-state index in [-0.39, 0.29) is 0 Å². The van der Waals surface area contributed by atoms with Crippen molar-refractivity contribution in [1.82, 2.24) is 0 Å². The molecule has 0 saturated heterocycles. The van der Waals surface area contributed by atoms with Gasteiger partial charge in [0, 0.05) is 0 Å². The highest BCUT2D eigenvalue weighted by Gasteiger charge is 2.56. The average Bonchev–Trinajstić information content (AvgIpc) is 2.70. The van der Waals surface area contributed by atoms with Crippen LogP contribution in [0.25, 0.3) is 0 Å². The van der Waals surface area contributed by atoms with E-state index in [1.54, 1.807) is 0 Å². The minimum Gasteiger partial charge on any atom is -0.103 e. The molecule has 0 atom stereocenters. The predicted octanol–water partition coefficient (Wildman–Crippen LogP) is 5.12. The van der Waals surface area contributed by atoms with Crippen molar-refractivity contribution >= 4 is 16.1 Å². The van der Waals surface area contributed by atoms with E-state index >= 15 is 0 Å². The fraction of sp³-hybridized carbons (Fsp3) is 0.600. The topological polar surface area (TPSA) is 0 Å². The normalized spacial score (nSPS) is 19.9. The second-order valence-corrected chi connectivity index (χ2v) is 15.9. The average molecular weight is 265 g/mol. The van der Waals surface area contributed by atoms with E-state index in [0.717, 1.165) is 0 Å². The van der Waals surface area contributed by atoms with Gasteiger partial charge in [0.15, 0.2) is 0 Å². The highest BCUT2D eigenvalue weighted by molar-refractivity contribution is 6.96. The number of hydrogen-bond acceptors (Lipinski definition) is 0. The molecule has 17 heavy (non-hydrogen) atoms. The van der Waals surface area contributed by atoms with Gasteiger partial charge < -0.3 is 0 Å². The van der Waals surface area contributed by atoms with Gasteiger partial charge in [-0.25, -0.2) is 0 Å². The van der Waals surface area contributed by atoms with Gasteiger partial charge in [-0.3, -0.25) is 0 Å². The van der Waals surface area contributed by atoms with Crippen molar-refractivity contribution in [1.29, 1.82) is 0 Å². The largest absolute Gasteiger partial charge is 0.103 e. The Kier molecular flexibility index (Phi) is 3.80. The van der Waals surface area contributed by atoms with E-state index < -0.39 is 16.1 Å². The lowest BCUT2D eigenvalue weighted by Gasteiger charge is -2.21. The van der Waals surface area contributed by atoms with Gasteiger partial charge in [0.1, 0.15) is 0 Å². The van der Waals surface area contributed by atoms with Crippen molar-refractivity contribution in [3.05, 3.63) is 34.8 Å². The Morgan fingerprint density at radius 2 is 1.65 bits per heavy atom. The van der Waals surface area contributed by atoms with Crippen LogP contribution in [-0.4, -0.2) is 16.1 Å². The first kappa shape index (κ1) is 14.7. The molecule has 1 rings (SSSR count). The highest BCUT2D eigenvalue weighted by Crippen LogP contribution is 2.60. The molecule has 0 fully saturated rings. The molecule has 0 amide bonds. The number of hydrogen-bond donors (Lipinski definition) is 0. The van der Waals surface area contributed by atoms with E-state index in [9.17, 15) is 0 Å². The van der Waals surface area contributed by atoms with Gasteiger partial charge in [-0.15, -0.1) is 6.58 Å². The van der Waals surface area contributed by atoms with Gasteiger partial charge in [-0.2, -0.15) is 0 Å². The van der Waals surface area contributed by atoms with Crippen LogP contribution in [0.15, 0.2) is 34.8 Å². The van der Waals surface area contributed by atoms with Crippen LogP contribution in [-0.2, 0) is 0 Å². The molecule has 2 heteroatoms. The molecular weight excluding hydrogens is 236 g/mol. The minimum atomic E-state index is -1.31. The first-order valence-electron chi connectivity index (χ1n) is 6.62. The summed E-state index contributed by atoms with van der Waals surface area (Å²) in [7, 11) is -2.55. The third kappa shape index (κ3) is 2.58. The van der Waals surface area contributed by atoms with E-state index in [1.165, 1.54) is 6.04 Å². The predicted molar refractivity (Wildman–Crippen MR) is 85.6 cm³/mol. The summed E-state index contributed by atoms with van der Waals surface area (Å²) in [4.78, 5) is 0. The Balaban J connectivity index is 3.15. The van der Waals surface area contributed by atoms with Crippen LogP contribution in [0.1, 0.15) is 20.8 Å². The van der Waals surface area contributed by atoms with Gasteiger partial charge in [-0.1, -0.05) is 68.3 Å². The zero-order valence-electron chi connectivity index (χ0n) is 12.6. The molecule has 0 aliphatic heterocycles. The monoisotopic (exact) mass is 264 g/mol. The summed E-state index contributed by atoms with van der Waals surface area (Å²) in [6.07, 6.45) is 4.36. The third-order valence-corrected chi connectivity index (χ3v) is 11.1. The summed E-state index contributed by atoms with van der Waals surface area (Å²) in [5.41, 5.74) is 2.89. The molecule has 0 radical (unpaired) electrons. The van der Waals surface area contributed by atoms with Crippen molar-refractivity contribution in [3.63, 3.8) is 0 Å². The van der Waals surface area contributed by atoms with Gasteiger partial charge in [-0.05, 0) is 18.4 Å². The Bertz CT molecular complexity index is 382. The second kappa shape index (κ2) is 4.40. The lowest BCUT2D eigenvalue weighted by Crippen LogP contribution is -2.26. The van der Waals surface area contributed by atoms with E-state index in [4.69, 9.17) is 0 Å². The van der Waals surface area contributed by atoms with Crippen LogP contribution in [0.3, 0.4) is 0 Å². The Hall–Kier alpha value is -0.346. The van der Waals surface area contributed by atoms with E-state index in [1.807, 2.05) is 10.4 Å². The van der Waals surface area contributed by atoms with E-state index in [0.29, 0.717) is 5.41 Å². The third-order valence-electron chi connectivity index (χ3n) is 4.00. The summed E-state index contributed by atoms with van der Waals surface area (Å²) >= 11 is 0. The lowest BCUT2D eigenvalue weighted by atomic mass is 10.1. The van der Waals surface area contributed by atoms with Crippen LogP contribution < -0.4 is 0 Å². The number of rotatable bonds is 5. The first-order valence-corrected chi connectivity index (χ1v) is 12.9. The number of allylic oxidation sites excluding steroid dienone is 4. The molecule has 0 aromatic heterocycles. The molecule has 0 heterocycles. The van der Waals surface area contributed by atoms with Gasteiger partial charge in [0.2, 0.25) is 0 Å². The minimum absolute atomic E-state index is 0.411. The first-order chi connectivity index (χ1) is 7.61. The highest BCUT2D eigenvalue weighted by atomic mass is 28.3. The quantitative estimate of drug-likeness (QED) is 0.477. The molecular formula is C15H28Si2. The Morgan fingerprint density at radius 1 is 1.12 bits per heavy atom. The smallest absolute Gasteiger partial charge is 0.0992 e. The zero-order chi connectivity index (χ0) is 13.5. The molecule has 0 spiro atoms. The summed E-state index contributed by atoms with van der Waals surface area (Å²) in [5.74, 6) is 0. The van der Waals surface area contributed by atoms with Crippen molar-refractivity contribution in [2.45, 2.75) is 53.0 Å². The van der Waals surface area contributed by atoms with Crippen molar-refractivity contribution in [3.8, 4) is 0 Å². The lowest BCUT2D eigenvalue weighted by molar-refractivity contribution is 0.705. The van der Waals surface area contributed by atoms with Gasteiger partial charge in [0.25, 0.3) is 0 Å².